The number of ether oxygens (including phenoxy) is 5. The van der Waals surface area contributed by atoms with Gasteiger partial charge >= 0.3 is 23.9 Å². The number of rotatable bonds is 13. The van der Waals surface area contributed by atoms with Crippen LogP contribution in [0.1, 0.15) is 65.0 Å². The van der Waals surface area contributed by atoms with Gasteiger partial charge in [-0.05, 0) is 58.7 Å². The van der Waals surface area contributed by atoms with Gasteiger partial charge in [0, 0.05) is 18.3 Å². The van der Waals surface area contributed by atoms with Crippen molar-refractivity contribution in [3.63, 3.8) is 0 Å². The molecule has 1 N–H and O–H groups in total. The zero-order chi connectivity index (χ0) is 31.1. The number of carbonyl (C=O) groups excluding carboxylic acids is 4. The lowest BCUT2D eigenvalue weighted by atomic mass is 9.80. The Morgan fingerprint density at radius 3 is 1.83 bits per heavy atom. The largest absolute Gasteiger partial charge is 0.490 e. The first kappa shape index (κ1) is 33.8. The molecule has 0 aliphatic rings. The first-order valence-corrected chi connectivity index (χ1v) is 14.0. The minimum absolute atomic E-state index is 0.0607. The van der Waals surface area contributed by atoms with E-state index in [-0.39, 0.29) is 39.0 Å². The monoisotopic (exact) mass is 584 g/mol. The van der Waals surface area contributed by atoms with Crippen LogP contribution in [0.5, 0.6) is 5.75 Å². The van der Waals surface area contributed by atoms with Crippen molar-refractivity contribution in [3.8, 4) is 5.75 Å². The van der Waals surface area contributed by atoms with Gasteiger partial charge in [-0.2, -0.15) is 0 Å². The Bertz CT molecular complexity index is 1270. The van der Waals surface area contributed by atoms with Crippen LogP contribution >= 0.6 is 0 Å². The lowest BCUT2D eigenvalue weighted by Gasteiger charge is -2.25. The van der Waals surface area contributed by atoms with Gasteiger partial charge in [-0.3, -0.25) is 19.2 Å². The predicted octanol–water partition coefficient (Wildman–Crippen LogP) is 4.73. The molecule has 0 radical (unpaired) electrons. The first-order chi connectivity index (χ1) is 20.2. The number of fused-ring (bicyclic) bond motifs is 1. The first-order valence-electron chi connectivity index (χ1n) is 14.0. The summed E-state index contributed by atoms with van der Waals surface area (Å²) >= 11 is 0. The van der Waals surface area contributed by atoms with E-state index < -0.39 is 35.7 Å². The number of benzene rings is 1. The molecule has 11 nitrogen and oxygen atoms in total. The number of aromatic nitrogens is 2. The van der Waals surface area contributed by atoms with Gasteiger partial charge in [-0.1, -0.05) is 30.3 Å². The average molecular weight is 585 g/mol. The van der Waals surface area contributed by atoms with Gasteiger partial charge in [-0.15, -0.1) is 0 Å². The van der Waals surface area contributed by atoms with Crippen molar-refractivity contribution in [1.29, 1.82) is 0 Å². The number of hydrogen-bond donors (Lipinski definition) is 1. The summed E-state index contributed by atoms with van der Waals surface area (Å²) in [5, 5.41) is 0.726. The van der Waals surface area contributed by atoms with E-state index in [1.807, 2.05) is 44.2 Å². The van der Waals surface area contributed by atoms with Gasteiger partial charge in [0.05, 0.1) is 37.9 Å². The third-order valence-corrected chi connectivity index (χ3v) is 5.74. The number of nitrogens with one attached hydrogen (secondary N) is 1. The quantitative estimate of drug-likeness (QED) is 0.170. The van der Waals surface area contributed by atoms with E-state index in [2.05, 4.69) is 19.4 Å². The Morgan fingerprint density at radius 2 is 1.33 bits per heavy atom. The standard InChI is InChI=1S/C24H28N2O5.C7H12O4/c1-5-29-23(27)21(24(28)30-6-2)19(16-10-8-7-9-11-16)17-14-26-22-20(17)18(12-13-25-22)31-15(3)4;1-3-10-6(8)5-7(9)11-4-2/h7-15,19,21H,5-6H2,1-4H3,(H,25,26);3-5H2,1-2H3. The van der Waals surface area contributed by atoms with Gasteiger partial charge in [0.1, 0.15) is 17.8 Å². The van der Waals surface area contributed by atoms with Crippen molar-refractivity contribution in [1.82, 2.24) is 9.97 Å². The van der Waals surface area contributed by atoms with Gasteiger partial charge in [0.2, 0.25) is 0 Å². The Morgan fingerprint density at radius 1 is 0.786 bits per heavy atom. The Kier molecular flexibility index (Phi) is 14.0. The number of nitrogens with zero attached hydrogens (tertiary/aromatic N) is 1. The summed E-state index contributed by atoms with van der Waals surface area (Å²) < 4.78 is 25.6. The maximum atomic E-state index is 13.0. The predicted molar refractivity (Wildman–Crippen MR) is 155 cm³/mol. The van der Waals surface area contributed by atoms with Crippen molar-refractivity contribution in [3.05, 3.63) is 59.9 Å². The summed E-state index contributed by atoms with van der Waals surface area (Å²) in [6, 6.07) is 11.2. The van der Waals surface area contributed by atoms with Crippen LogP contribution in [0.15, 0.2) is 48.8 Å². The molecule has 0 saturated carbocycles. The van der Waals surface area contributed by atoms with Crippen molar-refractivity contribution >= 4 is 34.9 Å². The van der Waals surface area contributed by atoms with Crippen molar-refractivity contribution in [2.45, 2.75) is 60.0 Å². The summed E-state index contributed by atoms with van der Waals surface area (Å²) in [4.78, 5) is 54.7. The second-order valence-electron chi connectivity index (χ2n) is 9.10. The van der Waals surface area contributed by atoms with Gasteiger partial charge in [0.25, 0.3) is 0 Å². The average Bonchev–Trinajstić information content (AvgIpc) is 3.37. The number of esters is 4. The topological polar surface area (TPSA) is 143 Å². The fraction of sp³-hybridized carbons (Fsp3) is 0.452. The molecule has 0 bridgehead atoms. The highest BCUT2D eigenvalue weighted by molar-refractivity contribution is 5.98. The molecule has 228 valence electrons. The lowest BCUT2D eigenvalue weighted by Crippen LogP contribution is -2.34. The van der Waals surface area contributed by atoms with Crippen molar-refractivity contribution < 1.29 is 42.9 Å². The molecule has 0 aliphatic heterocycles. The van der Waals surface area contributed by atoms with Gasteiger partial charge in [-0.25, -0.2) is 4.98 Å². The highest BCUT2D eigenvalue weighted by Crippen LogP contribution is 2.40. The molecule has 0 amide bonds. The van der Waals surface area contributed by atoms with Crippen LogP contribution in [0.25, 0.3) is 11.0 Å². The van der Waals surface area contributed by atoms with E-state index in [1.54, 1.807) is 46.2 Å². The highest BCUT2D eigenvalue weighted by Gasteiger charge is 2.41. The molecule has 1 unspecified atom stereocenters. The summed E-state index contributed by atoms with van der Waals surface area (Å²) in [5.74, 6) is -3.51. The summed E-state index contributed by atoms with van der Waals surface area (Å²) in [5.41, 5.74) is 2.12. The molecular formula is C31H40N2O9. The highest BCUT2D eigenvalue weighted by atomic mass is 16.6. The maximum Gasteiger partial charge on any atom is 0.321 e. The molecule has 11 heteroatoms. The molecular weight excluding hydrogens is 544 g/mol. The summed E-state index contributed by atoms with van der Waals surface area (Å²) in [6.45, 7) is 11.6. The molecule has 0 aliphatic carbocycles. The Balaban J connectivity index is 0.000000476. The maximum absolute atomic E-state index is 13.0. The van der Waals surface area contributed by atoms with E-state index in [1.165, 1.54) is 0 Å². The molecule has 3 aromatic rings. The normalized spacial score (nSPS) is 11.3. The molecule has 42 heavy (non-hydrogen) atoms. The van der Waals surface area contributed by atoms with E-state index in [0.717, 1.165) is 16.5 Å². The van der Waals surface area contributed by atoms with Crippen LogP contribution in [0.3, 0.4) is 0 Å². The summed E-state index contributed by atoms with van der Waals surface area (Å²) in [7, 11) is 0. The molecule has 0 spiro atoms. The van der Waals surface area contributed by atoms with Crippen molar-refractivity contribution in [2.75, 3.05) is 26.4 Å². The van der Waals surface area contributed by atoms with Crippen LogP contribution in [-0.2, 0) is 38.1 Å². The van der Waals surface area contributed by atoms with Crippen LogP contribution < -0.4 is 4.74 Å². The minimum atomic E-state index is -1.17. The molecule has 3 rings (SSSR count). The molecule has 2 aromatic heterocycles. The molecule has 0 fully saturated rings. The van der Waals surface area contributed by atoms with E-state index in [9.17, 15) is 19.2 Å². The van der Waals surface area contributed by atoms with Crippen LogP contribution in [0.2, 0.25) is 0 Å². The van der Waals surface area contributed by atoms with E-state index in [0.29, 0.717) is 11.4 Å². The zero-order valence-electron chi connectivity index (χ0n) is 25.0. The summed E-state index contributed by atoms with van der Waals surface area (Å²) in [6.07, 6.45) is 3.08. The lowest BCUT2D eigenvalue weighted by molar-refractivity contribution is -0.162. The number of hydrogen-bond acceptors (Lipinski definition) is 10. The molecule has 1 atom stereocenters. The van der Waals surface area contributed by atoms with Crippen molar-refractivity contribution in [2.24, 2.45) is 5.92 Å². The second kappa shape index (κ2) is 17.4. The van der Waals surface area contributed by atoms with Crippen LogP contribution in [-0.4, -0.2) is 66.4 Å². The molecule has 2 heterocycles. The SMILES string of the molecule is CCOC(=O)C(C(=O)OCC)C(c1ccccc1)c1c[nH]c2nccc(OC(C)C)c12.CCOC(=O)CC(=O)OCC. The molecule has 0 saturated heterocycles. The van der Waals surface area contributed by atoms with E-state index >= 15 is 0 Å². The smallest absolute Gasteiger partial charge is 0.321 e. The van der Waals surface area contributed by atoms with E-state index in [4.69, 9.17) is 14.2 Å². The third kappa shape index (κ3) is 9.60. The van der Waals surface area contributed by atoms with Crippen LogP contribution in [0.4, 0.5) is 0 Å². The third-order valence-electron chi connectivity index (χ3n) is 5.74. The minimum Gasteiger partial charge on any atom is -0.490 e. The zero-order valence-corrected chi connectivity index (χ0v) is 25.0. The number of carbonyl (C=O) groups is 4. The fourth-order valence-corrected chi connectivity index (χ4v) is 4.23. The fourth-order valence-electron chi connectivity index (χ4n) is 4.23. The number of aromatic amines is 1. The van der Waals surface area contributed by atoms with Crippen LogP contribution in [0, 0.1) is 5.92 Å². The number of pyridine rings is 1. The number of H-pyrrole nitrogens is 1. The molecule has 1 aromatic carbocycles. The van der Waals surface area contributed by atoms with Gasteiger partial charge in [0.15, 0.2) is 5.92 Å². The Hall–Kier alpha value is -4.41. The Labute approximate surface area is 245 Å². The van der Waals surface area contributed by atoms with Gasteiger partial charge < -0.3 is 28.7 Å². The second-order valence-corrected chi connectivity index (χ2v) is 9.10.